The highest BCUT2D eigenvalue weighted by atomic mass is 19.1. The Labute approximate surface area is 165 Å². The molecule has 1 unspecified atom stereocenters. The van der Waals surface area contributed by atoms with Gasteiger partial charge in [0.1, 0.15) is 23.9 Å². The van der Waals surface area contributed by atoms with Crippen LogP contribution in [0.3, 0.4) is 0 Å². The van der Waals surface area contributed by atoms with Crippen LogP contribution in [0.1, 0.15) is 30.9 Å². The Morgan fingerprint density at radius 3 is 2.25 bits per heavy atom. The van der Waals surface area contributed by atoms with Crippen LogP contribution in [0.2, 0.25) is 0 Å². The van der Waals surface area contributed by atoms with Gasteiger partial charge in [0.2, 0.25) is 0 Å². The first-order chi connectivity index (χ1) is 13.5. The third-order valence-electron chi connectivity index (χ3n) is 4.45. The van der Waals surface area contributed by atoms with E-state index >= 15 is 0 Å². The molecule has 3 nitrogen and oxygen atoms in total. The van der Waals surface area contributed by atoms with E-state index in [1.54, 1.807) is 12.1 Å². The van der Waals surface area contributed by atoms with Crippen molar-refractivity contribution in [3.8, 4) is 11.5 Å². The third kappa shape index (κ3) is 5.19. The van der Waals surface area contributed by atoms with E-state index in [1.807, 2.05) is 68.4 Å². The zero-order valence-corrected chi connectivity index (χ0v) is 16.1. The number of nitrogens with one attached hydrogen (secondary N) is 1. The largest absolute Gasteiger partial charge is 0.476 e. The van der Waals surface area contributed by atoms with Gasteiger partial charge in [0.15, 0.2) is 5.90 Å². The molecule has 0 bridgehead atoms. The second kappa shape index (κ2) is 9.18. The summed E-state index contributed by atoms with van der Waals surface area (Å²) < 4.78 is 24.8. The van der Waals surface area contributed by atoms with E-state index in [0.29, 0.717) is 0 Å². The van der Waals surface area contributed by atoms with Crippen LogP contribution in [0.15, 0.2) is 78.9 Å². The van der Waals surface area contributed by atoms with Crippen LogP contribution in [0.25, 0.3) is 0 Å². The van der Waals surface area contributed by atoms with Gasteiger partial charge in [0.05, 0.1) is 5.92 Å². The summed E-state index contributed by atoms with van der Waals surface area (Å²) in [7, 11) is 0. The lowest BCUT2D eigenvalue weighted by Gasteiger charge is -2.22. The predicted octanol–water partition coefficient (Wildman–Crippen LogP) is 6.55. The molecule has 0 amide bonds. The second-order valence-corrected chi connectivity index (χ2v) is 6.99. The van der Waals surface area contributed by atoms with E-state index in [4.69, 9.17) is 14.9 Å². The normalized spacial score (nSPS) is 11.9. The van der Waals surface area contributed by atoms with Crippen LogP contribution in [-0.4, -0.2) is 5.90 Å². The average molecular weight is 377 g/mol. The molecule has 0 aliphatic rings. The first kappa shape index (κ1) is 19.6. The fourth-order valence-corrected chi connectivity index (χ4v) is 3.08. The van der Waals surface area contributed by atoms with Crippen molar-refractivity contribution in [3.05, 3.63) is 95.8 Å². The molecule has 0 saturated heterocycles. The van der Waals surface area contributed by atoms with Crippen LogP contribution >= 0.6 is 0 Å². The van der Waals surface area contributed by atoms with Crippen molar-refractivity contribution in [2.75, 3.05) is 0 Å². The maximum absolute atomic E-state index is 13.2. The van der Waals surface area contributed by atoms with E-state index < -0.39 is 0 Å². The monoisotopic (exact) mass is 377 g/mol. The van der Waals surface area contributed by atoms with Crippen molar-refractivity contribution in [2.24, 2.45) is 5.92 Å². The van der Waals surface area contributed by atoms with E-state index in [2.05, 4.69) is 0 Å². The van der Waals surface area contributed by atoms with Crippen molar-refractivity contribution in [3.63, 3.8) is 0 Å². The van der Waals surface area contributed by atoms with Crippen LogP contribution in [0.4, 0.5) is 4.39 Å². The Balaban J connectivity index is 1.66. The number of benzene rings is 3. The Morgan fingerprint density at radius 1 is 0.893 bits per heavy atom. The quantitative estimate of drug-likeness (QED) is 0.375. The van der Waals surface area contributed by atoms with Gasteiger partial charge in [0, 0.05) is 0 Å². The lowest BCUT2D eigenvalue weighted by molar-refractivity contribution is 0.266. The lowest BCUT2D eigenvalue weighted by atomic mass is 9.88. The Hall–Kier alpha value is -3.14. The molecule has 3 rings (SSSR count). The van der Waals surface area contributed by atoms with Crippen LogP contribution in [-0.2, 0) is 11.3 Å². The van der Waals surface area contributed by atoms with Gasteiger partial charge >= 0.3 is 0 Å². The molecule has 3 aromatic rings. The molecule has 4 heteroatoms. The van der Waals surface area contributed by atoms with Gasteiger partial charge < -0.3 is 9.47 Å². The van der Waals surface area contributed by atoms with Crippen LogP contribution in [0, 0.1) is 17.1 Å². The highest BCUT2D eigenvalue weighted by Crippen LogP contribution is 2.27. The molecule has 0 saturated carbocycles. The molecule has 0 fully saturated rings. The van der Waals surface area contributed by atoms with Crippen LogP contribution in [0.5, 0.6) is 11.5 Å². The number of halogens is 1. The summed E-state index contributed by atoms with van der Waals surface area (Å²) in [6.45, 7) is 4.33. The zero-order valence-electron chi connectivity index (χ0n) is 16.1. The molecular formula is C24H24FNO2. The summed E-state index contributed by atoms with van der Waals surface area (Å²) in [6.07, 6.45) is 0. The van der Waals surface area contributed by atoms with Crippen molar-refractivity contribution < 1.29 is 13.9 Å². The molecule has 1 N–H and O–H groups in total. The molecule has 1 atom stereocenters. The topological polar surface area (TPSA) is 42.3 Å². The SMILES string of the molecule is CC(C)C(C(=N)OCc1cccc(Oc2ccccc2)c1)c1ccc(F)cc1. The lowest BCUT2D eigenvalue weighted by Crippen LogP contribution is -2.20. The fraction of sp³-hybridized carbons (Fsp3) is 0.208. The van der Waals surface area contributed by atoms with Gasteiger partial charge in [-0.15, -0.1) is 0 Å². The number of rotatable bonds is 7. The van der Waals surface area contributed by atoms with E-state index in [1.165, 1.54) is 12.1 Å². The van der Waals surface area contributed by atoms with Crippen molar-refractivity contribution in [1.29, 1.82) is 5.41 Å². The molecule has 0 aliphatic heterocycles. The number of hydrogen-bond acceptors (Lipinski definition) is 3. The maximum atomic E-state index is 13.2. The Morgan fingerprint density at radius 2 is 1.57 bits per heavy atom. The van der Waals surface area contributed by atoms with E-state index in [9.17, 15) is 4.39 Å². The molecular weight excluding hydrogens is 353 g/mol. The summed E-state index contributed by atoms with van der Waals surface area (Å²) in [4.78, 5) is 0. The predicted molar refractivity (Wildman–Crippen MR) is 109 cm³/mol. The Bertz CT molecular complexity index is 907. The summed E-state index contributed by atoms with van der Waals surface area (Å²) in [5.41, 5.74) is 1.79. The van der Waals surface area contributed by atoms with Gasteiger partial charge in [-0.05, 0) is 53.4 Å². The zero-order chi connectivity index (χ0) is 19.9. The first-order valence-electron chi connectivity index (χ1n) is 9.31. The molecule has 3 aromatic carbocycles. The molecule has 28 heavy (non-hydrogen) atoms. The van der Waals surface area contributed by atoms with E-state index in [-0.39, 0.29) is 30.2 Å². The molecule has 0 aliphatic carbocycles. The smallest absolute Gasteiger partial charge is 0.188 e. The van der Waals surface area contributed by atoms with Crippen molar-refractivity contribution >= 4 is 5.90 Å². The summed E-state index contributed by atoms with van der Waals surface area (Å²) in [6, 6.07) is 23.5. The van der Waals surface area contributed by atoms with Gasteiger partial charge in [0.25, 0.3) is 0 Å². The summed E-state index contributed by atoms with van der Waals surface area (Å²) >= 11 is 0. The van der Waals surface area contributed by atoms with Gasteiger partial charge in [-0.2, -0.15) is 0 Å². The number of hydrogen-bond donors (Lipinski definition) is 1. The minimum atomic E-state index is -0.283. The second-order valence-electron chi connectivity index (χ2n) is 6.99. The average Bonchev–Trinajstić information content (AvgIpc) is 2.69. The highest BCUT2D eigenvalue weighted by Gasteiger charge is 2.22. The summed E-state index contributed by atoms with van der Waals surface area (Å²) in [5, 5.41) is 8.40. The maximum Gasteiger partial charge on any atom is 0.188 e. The Kier molecular flexibility index (Phi) is 6.43. The van der Waals surface area contributed by atoms with Crippen molar-refractivity contribution in [1.82, 2.24) is 0 Å². The van der Waals surface area contributed by atoms with Crippen molar-refractivity contribution in [2.45, 2.75) is 26.4 Å². The standard InChI is InChI=1S/C24H24FNO2/c1-17(2)23(19-11-13-20(25)14-12-19)24(26)27-16-18-7-6-10-22(15-18)28-21-8-4-3-5-9-21/h3-15,17,23,26H,16H2,1-2H3. The number of para-hydroxylation sites is 1. The van der Waals surface area contributed by atoms with E-state index in [0.717, 1.165) is 22.6 Å². The molecule has 144 valence electrons. The minimum absolute atomic E-state index is 0.158. The van der Waals surface area contributed by atoms with Gasteiger partial charge in [-0.3, -0.25) is 5.41 Å². The fourth-order valence-electron chi connectivity index (χ4n) is 3.08. The van der Waals surface area contributed by atoms with Gasteiger partial charge in [-0.25, -0.2) is 4.39 Å². The van der Waals surface area contributed by atoms with Gasteiger partial charge in [-0.1, -0.05) is 56.3 Å². The highest BCUT2D eigenvalue weighted by molar-refractivity contribution is 5.81. The summed E-state index contributed by atoms with van der Waals surface area (Å²) in [5.74, 6) is 1.32. The molecule has 0 radical (unpaired) electrons. The molecule has 0 spiro atoms. The van der Waals surface area contributed by atoms with Crippen LogP contribution < -0.4 is 4.74 Å². The minimum Gasteiger partial charge on any atom is -0.476 e. The number of ether oxygens (including phenoxy) is 2. The molecule has 0 aromatic heterocycles. The third-order valence-corrected chi connectivity index (χ3v) is 4.45. The molecule has 0 heterocycles. The first-order valence-corrected chi connectivity index (χ1v) is 9.31.